The third-order valence-electron chi connectivity index (χ3n) is 4.58. The summed E-state index contributed by atoms with van der Waals surface area (Å²) in [6.07, 6.45) is 0.257. The minimum atomic E-state index is -0.739. The van der Waals surface area contributed by atoms with Crippen LogP contribution in [0.15, 0.2) is 42.5 Å². The van der Waals surface area contributed by atoms with Crippen molar-refractivity contribution in [1.82, 2.24) is 10.2 Å². The molecule has 0 saturated carbocycles. The zero-order chi connectivity index (χ0) is 19.4. The first kappa shape index (κ1) is 19.3. The van der Waals surface area contributed by atoms with Crippen molar-refractivity contribution in [2.45, 2.75) is 19.0 Å². The number of fused-ring (bicyclic) bond motifs is 1. The van der Waals surface area contributed by atoms with E-state index in [4.69, 9.17) is 16.3 Å². The molecule has 1 atom stereocenters. The van der Waals surface area contributed by atoms with Crippen molar-refractivity contribution in [2.75, 3.05) is 20.3 Å². The molecule has 0 spiro atoms. The third-order valence-corrected chi connectivity index (χ3v) is 4.93. The Labute approximate surface area is 162 Å². The molecule has 2 aromatic carbocycles. The maximum absolute atomic E-state index is 13.2. The monoisotopic (exact) mass is 390 g/mol. The van der Waals surface area contributed by atoms with Crippen LogP contribution < -0.4 is 5.32 Å². The average molecular weight is 391 g/mol. The number of benzene rings is 2. The lowest BCUT2D eigenvalue weighted by atomic mass is 9.91. The Kier molecular flexibility index (Phi) is 6.08. The van der Waals surface area contributed by atoms with Crippen LogP contribution in [0.1, 0.15) is 22.7 Å². The summed E-state index contributed by atoms with van der Waals surface area (Å²) < 4.78 is 18.3. The number of nitrogens with zero attached hydrogens (tertiary/aromatic N) is 1. The van der Waals surface area contributed by atoms with E-state index in [2.05, 4.69) is 5.32 Å². The van der Waals surface area contributed by atoms with Crippen molar-refractivity contribution < 1.29 is 18.7 Å². The van der Waals surface area contributed by atoms with Crippen LogP contribution >= 0.6 is 11.6 Å². The quantitative estimate of drug-likeness (QED) is 0.825. The second kappa shape index (κ2) is 8.50. The highest BCUT2D eigenvalue weighted by atomic mass is 35.5. The Hall–Kier alpha value is -2.44. The van der Waals surface area contributed by atoms with E-state index in [1.165, 1.54) is 23.1 Å². The molecule has 0 bridgehead atoms. The van der Waals surface area contributed by atoms with Gasteiger partial charge in [0.05, 0.1) is 13.0 Å². The van der Waals surface area contributed by atoms with Crippen molar-refractivity contribution in [3.8, 4) is 0 Å². The van der Waals surface area contributed by atoms with Crippen LogP contribution in [-0.2, 0) is 27.3 Å². The van der Waals surface area contributed by atoms with E-state index in [1.54, 1.807) is 7.11 Å². The fraction of sp³-hybridized carbons (Fsp3) is 0.300. The molecule has 0 radical (unpaired) electrons. The molecule has 0 aliphatic carbocycles. The molecular formula is C20H20ClFN2O3. The average Bonchev–Trinajstić information content (AvgIpc) is 2.65. The number of nitrogens with one attached hydrogen (secondary N) is 1. The predicted octanol–water partition coefficient (Wildman–Crippen LogP) is 2.87. The van der Waals surface area contributed by atoms with Crippen LogP contribution in [-0.4, -0.2) is 37.0 Å². The highest BCUT2D eigenvalue weighted by Gasteiger charge is 2.36. The van der Waals surface area contributed by atoms with Gasteiger partial charge in [-0.25, -0.2) is 4.39 Å². The van der Waals surface area contributed by atoms with E-state index >= 15 is 0 Å². The predicted molar refractivity (Wildman–Crippen MR) is 99.7 cm³/mol. The fourth-order valence-electron chi connectivity index (χ4n) is 3.21. The van der Waals surface area contributed by atoms with Gasteiger partial charge in [0.1, 0.15) is 11.9 Å². The van der Waals surface area contributed by atoms with Crippen LogP contribution in [0.3, 0.4) is 0 Å². The molecule has 1 heterocycles. The van der Waals surface area contributed by atoms with E-state index < -0.39 is 11.9 Å². The maximum atomic E-state index is 13.2. The van der Waals surface area contributed by atoms with E-state index in [1.807, 2.05) is 24.3 Å². The van der Waals surface area contributed by atoms with Gasteiger partial charge < -0.3 is 15.0 Å². The van der Waals surface area contributed by atoms with E-state index in [-0.39, 0.29) is 29.8 Å². The summed E-state index contributed by atoms with van der Waals surface area (Å²) in [4.78, 5) is 27.1. The molecule has 0 fully saturated rings. The highest BCUT2D eigenvalue weighted by molar-refractivity contribution is 6.31. The third kappa shape index (κ3) is 4.28. The summed E-state index contributed by atoms with van der Waals surface area (Å²) in [6, 6.07) is 10.7. The van der Waals surface area contributed by atoms with Crippen LogP contribution in [0.4, 0.5) is 4.39 Å². The molecule has 2 aromatic rings. The van der Waals surface area contributed by atoms with Gasteiger partial charge in [0.25, 0.3) is 0 Å². The number of halogens is 2. The molecule has 2 amide bonds. The second-order valence-corrected chi connectivity index (χ2v) is 6.72. The summed E-state index contributed by atoms with van der Waals surface area (Å²) in [6.45, 7) is 0.795. The molecular weight excluding hydrogens is 371 g/mol. The van der Waals surface area contributed by atoms with Crippen LogP contribution in [0, 0.1) is 5.82 Å². The number of carbonyl (C=O) groups excluding carboxylic acids is 2. The minimum absolute atomic E-state index is 0.120. The van der Waals surface area contributed by atoms with Gasteiger partial charge in [-0.2, -0.15) is 0 Å². The van der Waals surface area contributed by atoms with Crippen molar-refractivity contribution in [2.24, 2.45) is 0 Å². The Bertz CT molecular complexity index is 859. The Morgan fingerprint density at radius 3 is 2.85 bits per heavy atom. The highest BCUT2D eigenvalue weighted by Crippen LogP contribution is 2.30. The molecule has 0 saturated heterocycles. The molecule has 1 aliphatic rings. The number of methoxy groups -OCH3 is 1. The van der Waals surface area contributed by atoms with Gasteiger partial charge in [-0.15, -0.1) is 0 Å². The number of ether oxygens (including phenoxy) is 1. The van der Waals surface area contributed by atoms with Gasteiger partial charge >= 0.3 is 0 Å². The van der Waals surface area contributed by atoms with Crippen molar-refractivity contribution in [1.29, 1.82) is 0 Å². The molecule has 1 N–H and O–H groups in total. The largest absolute Gasteiger partial charge is 0.383 e. The van der Waals surface area contributed by atoms with E-state index in [0.29, 0.717) is 18.7 Å². The van der Waals surface area contributed by atoms with Crippen LogP contribution in [0.2, 0.25) is 5.02 Å². The molecule has 1 aliphatic heterocycles. The first-order valence-corrected chi connectivity index (χ1v) is 8.97. The number of rotatable bonds is 6. The lowest BCUT2D eigenvalue weighted by Gasteiger charge is -2.36. The summed E-state index contributed by atoms with van der Waals surface area (Å²) in [5, 5.41) is 3.06. The maximum Gasteiger partial charge on any atom is 0.247 e. The molecule has 142 valence electrons. The van der Waals surface area contributed by atoms with Crippen molar-refractivity contribution in [3.63, 3.8) is 0 Å². The Balaban J connectivity index is 1.83. The normalized spacial score (nSPS) is 16.2. The Morgan fingerprint density at radius 1 is 1.33 bits per heavy atom. The van der Waals surface area contributed by atoms with Gasteiger partial charge in [-0.1, -0.05) is 41.9 Å². The van der Waals surface area contributed by atoms with Crippen LogP contribution in [0.25, 0.3) is 0 Å². The fourth-order valence-corrected chi connectivity index (χ4v) is 3.44. The molecule has 27 heavy (non-hydrogen) atoms. The van der Waals surface area contributed by atoms with Crippen molar-refractivity contribution in [3.05, 3.63) is 70.0 Å². The first-order chi connectivity index (χ1) is 13.0. The molecule has 0 aromatic heterocycles. The number of hydrogen-bond donors (Lipinski definition) is 1. The van der Waals surface area contributed by atoms with Crippen molar-refractivity contribution >= 4 is 23.4 Å². The standard InChI is InChI=1S/C20H20ClFN2O3/c1-27-9-8-24-18(25)10-13-4-2-3-5-16(13)19(24)20(26)23-12-14-6-7-15(22)11-17(14)21/h2-7,11,19H,8-10,12H2,1H3,(H,23,26). The second-order valence-electron chi connectivity index (χ2n) is 6.31. The summed E-state index contributed by atoms with van der Waals surface area (Å²) in [7, 11) is 1.55. The van der Waals surface area contributed by atoms with Crippen LogP contribution in [0.5, 0.6) is 0 Å². The first-order valence-electron chi connectivity index (χ1n) is 8.59. The summed E-state index contributed by atoms with van der Waals surface area (Å²) in [5.41, 5.74) is 2.25. The lowest BCUT2D eigenvalue weighted by molar-refractivity contribution is -0.142. The minimum Gasteiger partial charge on any atom is -0.383 e. The molecule has 3 rings (SSSR count). The number of amides is 2. The topological polar surface area (TPSA) is 58.6 Å². The lowest BCUT2D eigenvalue weighted by Crippen LogP contribution is -2.48. The smallest absolute Gasteiger partial charge is 0.247 e. The zero-order valence-corrected chi connectivity index (χ0v) is 15.6. The molecule has 5 nitrogen and oxygen atoms in total. The van der Waals surface area contributed by atoms with E-state index in [9.17, 15) is 14.0 Å². The van der Waals surface area contributed by atoms with E-state index in [0.717, 1.165) is 11.1 Å². The summed E-state index contributed by atoms with van der Waals surface area (Å²) in [5.74, 6) is -0.870. The molecule has 7 heteroatoms. The number of hydrogen-bond acceptors (Lipinski definition) is 3. The molecule has 1 unspecified atom stereocenters. The SMILES string of the molecule is COCCN1C(=O)Cc2ccccc2C1C(=O)NCc1ccc(F)cc1Cl. The van der Waals surface area contributed by atoms with Gasteiger partial charge in [-0.05, 0) is 28.8 Å². The van der Waals surface area contributed by atoms with Gasteiger partial charge in [0, 0.05) is 25.2 Å². The van der Waals surface area contributed by atoms with Gasteiger partial charge in [0.15, 0.2) is 0 Å². The zero-order valence-electron chi connectivity index (χ0n) is 14.9. The Morgan fingerprint density at radius 2 is 2.11 bits per heavy atom. The van der Waals surface area contributed by atoms with Gasteiger partial charge in [-0.3, -0.25) is 9.59 Å². The van der Waals surface area contributed by atoms with Gasteiger partial charge in [0.2, 0.25) is 11.8 Å². The number of carbonyl (C=O) groups is 2. The summed E-state index contributed by atoms with van der Waals surface area (Å²) >= 11 is 6.03.